The maximum atomic E-state index is 11.1. The Labute approximate surface area is 234 Å². The molecule has 1 aliphatic rings. The quantitative estimate of drug-likeness (QED) is 0.233. The molecule has 0 aromatic rings. The number of halogens is 3. The molecule has 0 radical (unpaired) electrons. The Bertz CT molecular complexity index is 478. The van der Waals surface area contributed by atoms with E-state index >= 15 is 0 Å². The molecular weight excluding hydrogens is 620 g/mol. The van der Waals surface area contributed by atoms with E-state index in [9.17, 15) is 14.4 Å². The Kier molecular flexibility index (Phi) is 27.8. The van der Waals surface area contributed by atoms with Crippen LogP contribution >= 0.6 is 0 Å². The number of carbonyl (C=O) groups is 3. The van der Waals surface area contributed by atoms with Gasteiger partial charge in [0.1, 0.15) is 0 Å². The van der Waals surface area contributed by atoms with Gasteiger partial charge in [0, 0.05) is 92.3 Å². The van der Waals surface area contributed by atoms with Gasteiger partial charge in [-0.2, -0.15) is 0 Å². The van der Waals surface area contributed by atoms with E-state index in [1.165, 1.54) is 0 Å². The molecule has 0 amide bonds. The van der Waals surface area contributed by atoms with Crippen LogP contribution < -0.4 is 37.2 Å². The predicted molar refractivity (Wildman–Crippen MR) is 99.0 cm³/mol. The summed E-state index contributed by atoms with van der Waals surface area (Å²) in [7, 11) is 0. The van der Waals surface area contributed by atoms with Crippen LogP contribution in [-0.4, -0.2) is 131 Å². The van der Waals surface area contributed by atoms with E-state index in [4.69, 9.17) is 15.3 Å². The first-order valence-electron chi connectivity index (χ1n) is 9.35. The summed E-state index contributed by atoms with van der Waals surface area (Å²) in [6.45, 7) is 6.94. The number of hydrogen-bond donors (Lipinski definition) is 3. The molecule has 3 N–H and O–H groups in total. The molecule has 0 spiro atoms. The molecule has 1 rings (SSSR count). The Morgan fingerprint density at radius 1 is 0.581 bits per heavy atom. The van der Waals surface area contributed by atoms with Crippen molar-refractivity contribution in [1.82, 2.24) is 19.6 Å². The minimum atomic E-state index is -0.953. The van der Waals surface area contributed by atoms with Gasteiger partial charge in [-0.15, -0.1) is 0 Å². The van der Waals surface area contributed by atoms with E-state index in [2.05, 4.69) is 11.8 Å². The zero-order chi connectivity index (χ0) is 20.2. The van der Waals surface area contributed by atoms with Crippen LogP contribution in [0.15, 0.2) is 0 Å². The molecule has 0 aliphatic carbocycles. The number of hydrogen-bond acceptors (Lipinski definition) is 7. The monoisotopic (exact) mass is 651 g/mol. The van der Waals surface area contributed by atoms with Crippen molar-refractivity contribution in [2.75, 3.05) is 78.5 Å². The fourth-order valence-corrected chi connectivity index (χ4v) is 3.17. The maximum Gasteiger partial charge on any atom is 0.317 e. The summed E-state index contributed by atoms with van der Waals surface area (Å²) in [5, 5.41) is 27.4. The van der Waals surface area contributed by atoms with E-state index in [1.807, 2.05) is 9.80 Å². The first-order chi connectivity index (χ1) is 12.8. The third-order valence-electron chi connectivity index (χ3n) is 4.55. The smallest absolute Gasteiger partial charge is 0.317 e. The molecule has 1 saturated heterocycles. The van der Waals surface area contributed by atoms with Crippen molar-refractivity contribution in [2.45, 2.75) is 13.3 Å². The third kappa shape index (κ3) is 19.6. The molecule has 0 unspecified atom stereocenters. The van der Waals surface area contributed by atoms with E-state index in [-0.39, 0.29) is 96.8 Å². The van der Waals surface area contributed by atoms with Crippen LogP contribution in [0.2, 0.25) is 0 Å². The normalized spacial score (nSPS) is 17.3. The van der Waals surface area contributed by atoms with E-state index in [1.54, 1.807) is 4.90 Å². The largest absolute Gasteiger partial charge is 1.00 e. The van der Waals surface area contributed by atoms with Gasteiger partial charge in [0.05, 0.1) is 19.6 Å². The molecule has 0 bridgehead atoms. The minimum Gasteiger partial charge on any atom is -1.00 e. The summed E-state index contributed by atoms with van der Waals surface area (Å²) >= 11 is 0. The van der Waals surface area contributed by atoms with Crippen molar-refractivity contribution in [3.63, 3.8) is 0 Å². The first-order valence-corrected chi connectivity index (χ1v) is 9.35. The number of aliphatic carboxylic acids is 3. The maximum absolute atomic E-state index is 11.1. The van der Waals surface area contributed by atoms with Crippen molar-refractivity contribution in [2.24, 2.45) is 0 Å². The Hall–Kier alpha value is 0.445. The minimum absolute atomic E-state index is 0. The zero-order valence-electron chi connectivity index (χ0n) is 17.5. The van der Waals surface area contributed by atoms with Crippen LogP contribution in [0.4, 0.5) is 0 Å². The second kappa shape index (κ2) is 22.2. The summed E-state index contributed by atoms with van der Waals surface area (Å²) in [6, 6.07) is 0. The van der Waals surface area contributed by atoms with Gasteiger partial charge in [-0.1, -0.05) is 6.92 Å². The second-order valence-corrected chi connectivity index (χ2v) is 6.85. The summed E-state index contributed by atoms with van der Waals surface area (Å²) in [5.41, 5.74) is 0. The molecule has 31 heavy (non-hydrogen) atoms. The zero-order valence-corrected chi connectivity index (χ0v) is 22.1. The average molecular weight is 652 g/mol. The topological polar surface area (TPSA) is 125 Å². The molecule has 188 valence electrons. The van der Waals surface area contributed by atoms with E-state index < -0.39 is 17.9 Å². The summed E-state index contributed by atoms with van der Waals surface area (Å²) < 4.78 is 0. The number of nitrogens with zero attached hydrogens (tertiary/aromatic N) is 4. The van der Waals surface area contributed by atoms with Crippen molar-refractivity contribution in [3.05, 3.63) is 0 Å². The van der Waals surface area contributed by atoms with Gasteiger partial charge in [0.15, 0.2) is 0 Å². The van der Waals surface area contributed by atoms with Gasteiger partial charge in [0.2, 0.25) is 0 Å². The van der Waals surface area contributed by atoms with Crippen molar-refractivity contribution in [3.8, 4) is 0 Å². The summed E-state index contributed by atoms with van der Waals surface area (Å²) in [5.74, 6) is -2.76. The fraction of sp³-hybridized carbons (Fsp3) is 0.824. The Morgan fingerprint density at radius 2 is 0.806 bits per heavy atom. The molecule has 0 atom stereocenters. The van der Waals surface area contributed by atoms with Gasteiger partial charge in [0.25, 0.3) is 0 Å². The molecule has 1 fully saturated rings. The number of carboxylic acids is 3. The van der Waals surface area contributed by atoms with Gasteiger partial charge in [-0.05, 0) is 13.0 Å². The number of rotatable bonds is 8. The van der Waals surface area contributed by atoms with Crippen molar-refractivity contribution >= 4 is 17.9 Å². The van der Waals surface area contributed by atoms with Gasteiger partial charge >= 0.3 is 17.9 Å². The summed E-state index contributed by atoms with van der Waals surface area (Å²) in [4.78, 5) is 41.0. The van der Waals surface area contributed by atoms with Crippen LogP contribution in [0.25, 0.3) is 0 Å². The molecule has 10 nitrogen and oxygen atoms in total. The standard InChI is InChI=1S/C17H32N4O6.3ClH.Gd/c1-2-3-18-4-6-19(12-15(22)23)8-10-21(14-17(26)27)11-9-20(7-5-18)13-16(24)25;;;;/h2-14H2,1H3,(H,22,23)(H,24,25)(H,26,27);3*1H;/p-3. The van der Waals surface area contributed by atoms with E-state index in [0.29, 0.717) is 52.4 Å². The van der Waals surface area contributed by atoms with Crippen molar-refractivity contribution < 1.29 is 107 Å². The van der Waals surface area contributed by atoms with Crippen LogP contribution in [0.3, 0.4) is 0 Å². The van der Waals surface area contributed by atoms with Crippen molar-refractivity contribution in [1.29, 1.82) is 0 Å². The molecular formula is C17H32Cl3GdN4O6-3. The predicted octanol–water partition coefficient (Wildman–Crippen LogP) is -10.1. The second-order valence-electron chi connectivity index (χ2n) is 6.85. The number of carboxylic acid groups (broad SMARTS) is 3. The van der Waals surface area contributed by atoms with Gasteiger partial charge in [-0.25, -0.2) is 0 Å². The molecule has 1 heterocycles. The molecule has 0 saturated carbocycles. The molecule has 0 aromatic heterocycles. The average Bonchev–Trinajstić information content (AvgIpc) is 2.56. The molecule has 0 aromatic carbocycles. The fourth-order valence-electron chi connectivity index (χ4n) is 3.17. The van der Waals surface area contributed by atoms with Gasteiger partial charge < -0.3 is 57.4 Å². The third-order valence-corrected chi connectivity index (χ3v) is 4.55. The Morgan fingerprint density at radius 3 is 1.00 bits per heavy atom. The van der Waals surface area contributed by atoms with Crippen LogP contribution in [0.5, 0.6) is 0 Å². The van der Waals surface area contributed by atoms with E-state index in [0.717, 1.165) is 13.0 Å². The molecule has 1 aliphatic heterocycles. The SMILES string of the molecule is CCCN1CCN(CC(=O)O)CCN(CC(=O)O)CCN(CC(=O)O)CC1.[Cl-].[Cl-].[Cl-].[Gd]. The Balaban J connectivity index is -0.000000911. The van der Waals surface area contributed by atoms with Crippen LogP contribution in [0, 0.1) is 39.9 Å². The van der Waals surface area contributed by atoms with Gasteiger partial charge in [-0.3, -0.25) is 29.1 Å². The molecule has 14 heteroatoms. The summed E-state index contributed by atoms with van der Waals surface area (Å²) in [6.07, 6.45) is 0.963. The van der Waals surface area contributed by atoms with Crippen LogP contribution in [0.1, 0.15) is 13.3 Å². The first kappa shape index (κ1) is 38.7. The van der Waals surface area contributed by atoms with Crippen LogP contribution in [-0.2, 0) is 14.4 Å².